The molecule has 2 N–H and O–H groups in total. The van der Waals surface area contributed by atoms with Crippen molar-refractivity contribution >= 4 is 24.0 Å². The van der Waals surface area contributed by atoms with E-state index < -0.39 is 11.9 Å². The van der Waals surface area contributed by atoms with Crippen LogP contribution in [0.5, 0.6) is 11.5 Å². The van der Waals surface area contributed by atoms with Crippen molar-refractivity contribution in [3.8, 4) is 11.5 Å². The lowest BCUT2D eigenvalue weighted by molar-refractivity contribution is -0.120. The van der Waals surface area contributed by atoms with Gasteiger partial charge >= 0.3 is 5.97 Å². The van der Waals surface area contributed by atoms with Crippen LogP contribution in [0.1, 0.15) is 37.4 Å². The number of methoxy groups -OCH3 is 1. The molecule has 0 bridgehead atoms. The van der Waals surface area contributed by atoms with Crippen LogP contribution in [0, 0.1) is 13.8 Å². The number of carbonyl (C=O) groups excluding carboxylic acids is 3. The summed E-state index contributed by atoms with van der Waals surface area (Å²) in [4.78, 5) is 36.4. The largest absolute Gasteiger partial charge is 0.493 e. The summed E-state index contributed by atoms with van der Waals surface area (Å²) in [5.41, 5.74) is 5.93. The van der Waals surface area contributed by atoms with Crippen LogP contribution in [-0.2, 0) is 4.79 Å². The summed E-state index contributed by atoms with van der Waals surface area (Å²) >= 11 is 0. The average molecular weight is 460 g/mol. The first kappa shape index (κ1) is 24.2. The molecule has 0 aliphatic rings. The fourth-order valence-corrected chi connectivity index (χ4v) is 2.88. The van der Waals surface area contributed by atoms with Crippen molar-refractivity contribution in [3.05, 3.63) is 94.5 Å². The summed E-state index contributed by atoms with van der Waals surface area (Å²) in [5.74, 6) is -0.735. The molecule has 8 heteroatoms. The van der Waals surface area contributed by atoms with Gasteiger partial charge in [-0.3, -0.25) is 9.59 Å². The molecule has 0 saturated heterocycles. The molecular weight excluding hydrogens is 434 g/mol. The predicted molar refractivity (Wildman–Crippen MR) is 128 cm³/mol. The topological polar surface area (TPSA) is 106 Å². The third-order valence-electron chi connectivity index (χ3n) is 4.80. The van der Waals surface area contributed by atoms with Crippen molar-refractivity contribution in [2.45, 2.75) is 13.8 Å². The summed E-state index contributed by atoms with van der Waals surface area (Å²) in [6.45, 7) is 3.64. The number of hydrazone groups is 1. The van der Waals surface area contributed by atoms with Crippen molar-refractivity contribution in [3.63, 3.8) is 0 Å². The second-order valence-corrected chi connectivity index (χ2v) is 7.51. The van der Waals surface area contributed by atoms with Crippen molar-refractivity contribution in [1.82, 2.24) is 10.7 Å². The number of aryl methyl sites for hydroxylation is 2. The van der Waals surface area contributed by atoms with E-state index in [1.807, 2.05) is 38.1 Å². The number of carbonyl (C=O) groups is 3. The van der Waals surface area contributed by atoms with Crippen molar-refractivity contribution in [2.24, 2.45) is 5.10 Å². The Morgan fingerprint density at radius 2 is 1.47 bits per heavy atom. The van der Waals surface area contributed by atoms with Gasteiger partial charge in [0.05, 0.1) is 25.4 Å². The van der Waals surface area contributed by atoms with E-state index in [2.05, 4.69) is 15.8 Å². The quantitative estimate of drug-likeness (QED) is 0.232. The van der Waals surface area contributed by atoms with Gasteiger partial charge in [-0.2, -0.15) is 5.10 Å². The first-order valence-electron chi connectivity index (χ1n) is 10.5. The minimum atomic E-state index is -0.500. The molecule has 0 fully saturated rings. The molecule has 0 aromatic heterocycles. The van der Waals surface area contributed by atoms with Gasteiger partial charge in [0.2, 0.25) is 0 Å². The highest BCUT2D eigenvalue weighted by Gasteiger charge is 2.13. The van der Waals surface area contributed by atoms with E-state index >= 15 is 0 Å². The fourth-order valence-electron chi connectivity index (χ4n) is 2.88. The van der Waals surface area contributed by atoms with Crippen LogP contribution in [-0.4, -0.2) is 37.7 Å². The predicted octanol–water partition coefficient (Wildman–Crippen LogP) is 3.41. The Bertz CT molecular complexity index is 1200. The van der Waals surface area contributed by atoms with Gasteiger partial charge in [0, 0.05) is 5.56 Å². The van der Waals surface area contributed by atoms with Crippen LogP contribution >= 0.6 is 0 Å². The molecule has 0 aliphatic carbocycles. The maximum Gasteiger partial charge on any atom is 0.343 e. The van der Waals surface area contributed by atoms with E-state index in [1.165, 1.54) is 13.3 Å². The average Bonchev–Trinajstić information content (AvgIpc) is 2.84. The lowest BCUT2D eigenvalue weighted by Crippen LogP contribution is -2.34. The smallest absolute Gasteiger partial charge is 0.343 e. The molecule has 0 saturated carbocycles. The van der Waals surface area contributed by atoms with E-state index in [0.29, 0.717) is 22.4 Å². The number of amides is 2. The SMILES string of the molecule is COc1cc(/C=N/NC(=O)CNC(=O)c2ccc(C)cc2)ccc1OC(=O)c1ccc(C)cc1. The number of esters is 1. The van der Waals surface area contributed by atoms with Gasteiger partial charge in [0.15, 0.2) is 11.5 Å². The normalized spacial score (nSPS) is 10.6. The molecule has 2 amide bonds. The summed E-state index contributed by atoms with van der Waals surface area (Å²) in [7, 11) is 1.46. The lowest BCUT2D eigenvalue weighted by Gasteiger charge is -2.10. The summed E-state index contributed by atoms with van der Waals surface area (Å²) in [6.07, 6.45) is 1.41. The third kappa shape index (κ3) is 6.77. The summed E-state index contributed by atoms with van der Waals surface area (Å²) in [5, 5.41) is 6.42. The standard InChI is InChI=1S/C26H25N3O5/c1-17-4-9-20(10-5-17)25(31)27-16-24(30)29-28-15-19-8-13-22(23(14-19)33-3)34-26(32)21-11-6-18(2)7-12-21/h4-15H,16H2,1-3H3,(H,27,31)(H,29,30)/b28-15+. The van der Waals surface area contributed by atoms with E-state index in [9.17, 15) is 14.4 Å². The van der Waals surface area contributed by atoms with Gasteiger partial charge in [0.25, 0.3) is 11.8 Å². The molecule has 0 aliphatic heterocycles. The Morgan fingerprint density at radius 1 is 0.853 bits per heavy atom. The van der Waals surface area contributed by atoms with Gasteiger partial charge < -0.3 is 14.8 Å². The number of hydrogen-bond donors (Lipinski definition) is 2. The number of nitrogens with one attached hydrogen (secondary N) is 2. The van der Waals surface area contributed by atoms with Gasteiger partial charge in [0.1, 0.15) is 0 Å². The molecule has 0 atom stereocenters. The van der Waals surface area contributed by atoms with Gasteiger partial charge in [-0.1, -0.05) is 35.4 Å². The van der Waals surface area contributed by atoms with Crippen LogP contribution in [0.2, 0.25) is 0 Å². The molecule has 0 heterocycles. The Hall–Kier alpha value is -4.46. The zero-order valence-electron chi connectivity index (χ0n) is 19.1. The monoisotopic (exact) mass is 459 g/mol. The molecule has 0 spiro atoms. The second kappa shape index (κ2) is 11.4. The molecule has 3 aromatic carbocycles. The Balaban J connectivity index is 1.53. The lowest BCUT2D eigenvalue weighted by atomic mass is 10.1. The highest BCUT2D eigenvalue weighted by Crippen LogP contribution is 2.28. The summed E-state index contributed by atoms with van der Waals surface area (Å²) < 4.78 is 10.7. The first-order chi connectivity index (χ1) is 16.4. The number of benzene rings is 3. The minimum Gasteiger partial charge on any atom is -0.493 e. The van der Waals surface area contributed by atoms with Crippen LogP contribution in [0.15, 0.2) is 71.8 Å². The van der Waals surface area contributed by atoms with Crippen molar-refractivity contribution in [1.29, 1.82) is 0 Å². The maximum atomic E-state index is 12.4. The van der Waals surface area contributed by atoms with E-state index in [-0.39, 0.29) is 18.2 Å². The van der Waals surface area contributed by atoms with Crippen LogP contribution in [0.25, 0.3) is 0 Å². The van der Waals surface area contributed by atoms with Crippen molar-refractivity contribution < 1.29 is 23.9 Å². The Kier molecular flexibility index (Phi) is 8.12. The van der Waals surface area contributed by atoms with Crippen LogP contribution in [0.4, 0.5) is 0 Å². The molecular formula is C26H25N3O5. The molecule has 34 heavy (non-hydrogen) atoms. The summed E-state index contributed by atoms with van der Waals surface area (Å²) in [6, 6.07) is 18.9. The zero-order valence-corrected chi connectivity index (χ0v) is 19.1. The molecule has 3 rings (SSSR count). The van der Waals surface area contributed by atoms with Gasteiger partial charge in [-0.05, 0) is 61.9 Å². The highest BCUT2D eigenvalue weighted by atomic mass is 16.6. The fraction of sp³-hybridized carbons (Fsp3) is 0.154. The number of ether oxygens (including phenoxy) is 2. The van der Waals surface area contributed by atoms with Gasteiger partial charge in [-0.15, -0.1) is 0 Å². The molecule has 0 unspecified atom stereocenters. The van der Waals surface area contributed by atoms with E-state index in [0.717, 1.165) is 11.1 Å². The van der Waals surface area contributed by atoms with Crippen LogP contribution < -0.4 is 20.2 Å². The highest BCUT2D eigenvalue weighted by molar-refractivity contribution is 5.96. The third-order valence-corrected chi connectivity index (χ3v) is 4.80. The molecule has 0 radical (unpaired) electrons. The van der Waals surface area contributed by atoms with Gasteiger partial charge in [-0.25, -0.2) is 10.2 Å². The molecule has 8 nitrogen and oxygen atoms in total. The molecule has 3 aromatic rings. The number of hydrogen-bond acceptors (Lipinski definition) is 6. The zero-order chi connectivity index (χ0) is 24.5. The Labute approximate surface area is 197 Å². The van der Waals surface area contributed by atoms with E-state index in [1.54, 1.807) is 42.5 Å². The van der Waals surface area contributed by atoms with Crippen molar-refractivity contribution in [2.75, 3.05) is 13.7 Å². The van der Waals surface area contributed by atoms with Crippen LogP contribution in [0.3, 0.4) is 0 Å². The maximum absolute atomic E-state index is 12.4. The molecule has 174 valence electrons. The first-order valence-corrected chi connectivity index (χ1v) is 10.5. The van der Waals surface area contributed by atoms with E-state index in [4.69, 9.17) is 9.47 Å². The second-order valence-electron chi connectivity index (χ2n) is 7.51. The Morgan fingerprint density at radius 3 is 2.09 bits per heavy atom. The minimum absolute atomic E-state index is 0.221. The number of rotatable bonds is 8. The number of nitrogens with zero attached hydrogens (tertiary/aromatic N) is 1.